The largest absolute Gasteiger partial charge is 0.467 e. The van der Waals surface area contributed by atoms with E-state index in [4.69, 9.17) is 9.47 Å². The first-order valence-electron chi connectivity index (χ1n) is 7.65. The van der Waals surface area contributed by atoms with Gasteiger partial charge in [0.15, 0.2) is 0 Å². The van der Waals surface area contributed by atoms with Crippen molar-refractivity contribution in [2.24, 2.45) is 0 Å². The number of ether oxygens (including phenoxy) is 2. The van der Waals surface area contributed by atoms with Gasteiger partial charge in [-0.25, -0.2) is 9.59 Å². The Morgan fingerprint density at radius 3 is 2.26 bits per heavy atom. The Bertz CT molecular complexity index is 520. The molecule has 6 heteroatoms. The van der Waals surface area contributed by atoms with Gasteiger partial charge in [-0.15, -0.1) is 0 Å². The molecule has 1 amide bonds. The van der Waals surface area contributed by atoms with Crippen LogP contribution in [0.4, 0.5) is 10.5 Å². The van der Waals surface area contributed by atoms with Crippen LogP contribution in [0.2, 0.25) is 0 Å². The van der Waals surface area contributed by atoms with Crippen molar-refractivity contribution >= 4 is 17.7 Å². The molecule has 0 heterocycles. The smallest absolute Gasteiger partial charge is 0.408 e. The molecule has 0 fully saturated rings. The van der Waals surface area contributed by atoms with Crippen molar-refractivity contribution in [2.75, 3.05) is 19.0 Å². The molecule has 0 spiro atoms. The number of alkyl carbamates (subject to hydrolysis) is 1. The third-order valence-electron chi connectivity index (χ3n) is 2.95. The van der Waals surface area contributed by atoms with Gasteiger partial charge in [0, 0.05) is 18.7 Å². The summed E-state index contributed by atoms with van der Waals surface area (Å²) in [5.74, 6) is -0.508. The zero-order chi connectivity index (χ0) is 17.5. The molecule has 0 aliphatic rings. The zero-order valence-corrected chi connectivity index (χ0v) is 14.4. The highest BCUT2D eigenvalue weighted by Gasteiger charge is 2.25. The molecule has 1 rings (SSSR count). The molecule has 1 aromatic carbocycles. The number of rotatable bonds is 6. The molecule has 6 nitrogen and oxygen atoms in total. The van der Waals surface area contributed by atoms with Gasteiger partial charge in [0.2, 0.25) is 0 Å². The SMILES string of the molecule is CCNc1ccc(C[C@H](NC(=O)OC(C)(C)C)C(=O)OC)cc1. The summed E-state index contributed by atoms with van der Waals surface area (Å²) in [5, 5.41) is 5.76. The second kappa shape index (κ2) is 8.41. The molecular formula is C17H26N2O4. The zero-order valence-electron chi connectivity index (χ0n) is 14.4. The van der Waals surface area contributed by atoms with Crippen LogP contribution in [0.1, 0.15) is 33.3 Å². The van der Waals surface area contributed by atoms with Gasteiger partial charge in [-0.2, -0.15) is 0 Å². The molecule has 1 aromatic rings. The van der Waals surface area contributed by atoms with Crippen LogP contribution < -0.4 is 10.6 Å². The number of carbonyl (C=O) groups is 2. The van der Waals surface area contributed by atoms with E-state index in [1.165, 1.54) is 7.11 Å². The average Bonchev–Trinajstić information content (AvgIpc) is 2.46. The van der Waals surface area contributed by atoms with Crippen molar-refractivity contribution in [1.82, 2.24) is 5.32 Å². The minimum absolute atomic E-state index is 0.332. The van der Waals surface area contributed by atoms with Crippen molar-refractivity contribution in [3.63, 3.8) is 0 Å². The Balaban J connectivity index is 2.74. The van der Waals surface area contributed by atoms with Gasteiger partial charge in [-0.05, 0) is 45.4 Å². The topological polar surface area (TPSA) is 76.7 Å². The monoisotopic (exact) mass is 322 g/mol. The van der Waals surface area contributed by atoms with E-state index < -0.39 is 23.7 Å². The Morgan fingerprint density at radius 1 is 1.17 bits per heavy atom. The molecule has 0 saturated heterocycles. The van der Waals surface area contributed by atoms with Crippen molar-refractivity contribution in [1.29, 1.82) is 0 Å². The van der Waals surface area contributed by atoms with Crippen molar-refractivity contribution in [3.8, 4) is 0 Å². The van der Waals surface area contributed by atoms with Gasteiger partial charge in [0.25, 0.3) is 0 Å². The maximum Gasteiger partial charge on any atom is 0.408 e. The first-order valence-corrected chi connectivity index (χ1v) is 7.65. The quantitative estimate of drug-likeness (QED) is 0.788. The molecule has 0 aliphatic heterocycles. The van der Waals surface area contributed by atoms with E-state index in [1.807, 2.05) is 31.2 Å². The second-order valence-corrected chi connectivity index (χ2v) is 6.15. The van der Waals surface area contributed by atoms with E-state index in [0.717, 1.165) is 17.8 Å². The molecule has 0 aromatic heterocycles. The van der Waals surface area contributed by atoms with Crippen molar-refractivity contribution < 1.29 is 19.1 Å². The molecular weight excluding hydrogens is 296 g/mol. The Kier molecular flexibility index (Phi) is 6.88. The van der Waals surface area contributed by atoms with Crippen molar-refractivity contribution in [3.05, 3.63) is 29.8 Å². The summed E-state index contributed by atoms with van der Waals surface area (Å²) in [6.45, 7) is 8.15. The number of amides is 1. The van der Waals surface area contributed by atoms with Crippen LogP contribution in [-0.4, -0.2) is 37.4 Å². The van der Waals surface area contributed by atoms with Crippen LogP contribution in [0.3, 0.4) is 0 Å². The fraction of sp³-hybridized carbons (Fsp3) is 0.529. The molecule has 2 N–H and O–H groups in total. The van der Waals surface area contributed by atoms with E-state index in [9.17, 15) is 9.59 Å². The van der Waals surface area contributed by atoms with E-state index in [1.54, 1.807) is 20.8 Å². The first-order chi connectivity index (χ1) is 10.7. The van der Waals surface area contributed by atoms with Crippen LogP contribution in [0, 0.1) is 0 Å². The second-order valence-electron chi connectivity index (χ2n) is 6.15. The molecule has 0 saturated carbocycles. The van der Waals surface area contributed by atoms with E-state index >= 15 is 0 Å². The molecule has 0 radical (unpaired) electrons. The molecule has 0 aliphatic carbocycles. The number of carbonyl (C=O) groups excluding carboxylic acids is 2. The highest BCUT2D eigenvalue weighted by molar-refractivity contribution is 5.81. The summed E-state index contributed by atoms with van der Waals surface area (Å²) in [7, 11) is 1.29. The lowest BCUT2D eigenvalue weighted by molar-refractivity contribution is -0.143. The molecule has 128 valence electrons. The maximum absolute atomic E-state index is 11.9. The van der Waals surface area contributed by atoms with Crippen LogP contribution in [-0.2, 0) is 20.7 Å². The van der Waals surface area contributed by atoms with E-state index in [-0.39, 0.29) is 0 Å². The standard InChI is InChI=1S/C17H26N2O4/c1-6-18-13-9-7-12(8-10-13)11-14(15(20)22-5)19-16(21)23-17(2,3)4/h7-10,14,18H,6,11H2,1-5H3,(H,19,21)/t14-/m0/s1. The average molecular weight is 322 g/mol. The lowest BCUT2D eigenvalue weighted by Crippen LogP contribution is -2.45. The number of hydrogen-bond donors (Lipinski definition) is 2. The fourth-order valence-electron chi connectivity index (χ4n) is 1.98. The summed E-state index contributed by atoms with van der Waals surface area (Å²) in [6.07, 6.45) is -0.310. The number of benzene rings is 1. The van der Waals surface area contributed by atoms with Gasteiger partial charge < -0.3 is 20.1 Å². The normalized spacial score (nSPS) is 12.2. The number of esters is 1. The molecule has 0 bridgehead atoms. The van der Waals surface area contributed by atoms with Gasteiger partial charge in [-0.3, -0.25) is 0 Å². The van der Waals surface area contributed by atoms with Crippen LogP contribution in [0.5, 0.6) is 0 Å². The molecule has 0 unspecified atom stereocenters. The van der Waals surface area contributed by atoms with Crippen molar-refractivity contribution in [2.45, 2.75) is 45.8 Å². The highest BCUT2D eigenvalue weighted by atomic mass is 16.6. The van der Waals surface area contributed by atoms with Gasteiger partial charge in [-0.1, -0.05) is 12.1 Å². The fourth-order valence-corrected chi connectivity index (χ4v) is 1.98. The Morgan fingerprint density at radius 2 is 1.78 bits per heavy atom. The number of anilines is 1. The summed E-state index contributed by atoms with van der Waals surface area (Å²) < 4.78 is 9.94. The number of methoxy groups -OCH3 is 1. The summed E-state index contributed by atoms with van der Waals surface area (Å²) >= 11 is 0. The molecule has 23 heavy (non-hydrogen) atoms. The summed E-state index contributed by atoms with van der Waals surface area (Å²) in [5.41, 5.74) is 1.29. The Hall–Kier alpha value is -2.24. The maximum atomic E-state index is 11.9. The predicted octanol–water partition coefficient (Wildman–Crippen LogP) is 2.73. The van der Waals surface area contributed by atoms with E-state index in [2.05, 4.69) is 10.6 Å². The van der Waals surface area contributed by atoms with E-state index in [0.29, 0.717) is 6.42 Å². The van der Waals surface area contributed by atoms with Gasteiger partial charge >= 0.3 is 12.1 Å². The minimum Gasteiger partial charge on any atom is -0.467 e. The predicted molar refractivity (Wildman–Crippen MR) is 89.5 cm³/mol. The third kappa shape index (κ3) is 7.04. The van der Waals surface area contributed by atoms with Crippen LogP contribution in [0.15, 0.2) is 24.3 Å². The summed E-state index contributed by atoms with van der Waals surface area (Å²) in [6, 6.07) is 6.89. The first kappa shape index (κ1) is 18.8. The lowest BCUT2D eigenvalue weighted by atomic mass is 10.1. The van der Waals surface area contributed by atoms with Gasteiger partial charge in [0.1, 0.15) is 11.6 Å². The van der Waals surface area contributed by atoms with Crippen LogP contribution in [0.25, 0.3) is 0 Å². The minimum atomic E-state index is -0.792. The van der Waals surface area contributed by atoms with Gasteiger partial charge in [0.05, 0.1) is 7.11 Å². The third-order valence-corrected chi connectivity index (χ3v) is 2.95. The summed E-state index contributed by atoms with van der Waals surface area (Å²) in [4.78, 5) is 23.7. The molecule has 1 atom stereocenters. The number of hydrogen-bond acceptors (Lipinski definition) is 5. The van der Waals surface area contributed by atoms with Crippen LogP contribution >= 0.6 is 0 Å². The lowest BCUT2D eigenvalue weighted by Gasteiger charge is -2.22. The number of nitrogens with one attached hydrogen (secondary N) is 2. The Labute approximate surface area is 137 Å². The highest BCUT2D eigenvalue weighted by Crippen LogP contribution is 2.12.